The molecule has 0 unspecified atom stereocenters. The summed E-state index contributed by atoms with van der Waals surface area (Å²) < 4.78 is 2.06. The minimum atomic E-state index is 0.0131. The maximum Gasteiger partial charge on any atom is 0.234 e. The molecule has 0 fully saturated rings. The second-order valence-corrected chi connectivity index (χ2v) is 4.60. The van der Waals surface area contributed by atoms with Crippen molar-refractivity contribution in [2.24, 2.45) is 7.05 Å². The zero-order valence-corrected chi connectivity index (χ0v) is 11.7. The fraction of sp³-hybridized carbons (Fsp3) is 0.429. The van der Waals surface area contributed by atoms with Crippen molar-refractivity contribution in [3.63, 3.8) is 0 Å². The molecule has 1 heterocycles. The van der Waals surface area contributed by atoms with Gasteiger partial charge in [0.2, 0.25) is 5.91 Å². The lowest BCUT2D eigenvalue weighted by Crippen LogP contribution is -2.33. The number of likely N-dealkylation sites (N-methyl/N-ethyl adjacent to an activating group) is 1. The molecule has 0 saturated heterocycles. The van der Waals surface area contributed by atoms with Crippen LogP contribution in [0.1, 0.15) is 18.3 Å². The number of nitrogens with one attached hydrogen (secondary N) is 2. The van der Waals surface area contributed by atoms with Gasteiger partial charge in [-0.25, -0.2) is 4.98 Å². The molecule has 0 radical (unpaired) electrons. The van der Waals surface area contributed by atoms with E-state index in [4.69, 9.17) is 0 Å². The van der Waals surface area contributed by atoms with Crippen molar-refractivity contribution in [2.75, 3.05) is 13.1 Å². The van der Waals surface area contributed by atoms with E-state index < -0.39 is 0 Å². The summed E-state index contributed by atoms with van der Waals surface area (Å²) in [7, 11) is 2.00. The van der Waals surface area contributed by atoms with Crippen molar-refractivity contribution < 1.29 is 4.79 Å². The quantitative estimate of drug-likeness (QED) is 0.846. The van der Waals surface area contributed by atoms with Crippen LogP contribution in [0.3, 0.4) is 0 Å². The Kier molecular flexibility index (Phi) is 4.16. The number of hydrogen-bond donors (Lipinski definition) is 2. The molecule has 0 atom stereocenters. The molecule has 1 aromatic carbocycles. The molecule has 0 aliphatic heterocycles. The Morgan fingerprint density at radius 2 is 2.21 bits per heavy atom. The van der Waals surface area contributed by atoms with Crippen LogP contribution in [0.15, 0.2) is 18.2 Å². The van der Waals surface area contributed by atoms with Crippen LogP contribution in [-0.2, 0) is 18.4 Å². The number of aromatic nitrogens is 2. The van der Waals surface area contributed by atoms with Crippen molar-refractivity contribution in [2.45, 2.75) is 20.4 Å². The summed E-state index contributed by atoms with van der Waals surface area (Å²) in [5.41, 5.74) is 3.15. The van der Waals surface area contributed by atoms with E-state index in [-0.39, 0.29) is 5.91 Å². The van der Waals surface area contributed by atoms with Gasteiger partial charge in [0.15, 0.2) is 0 Å². The summed E-state index contributed by atoms with van der Waals surface area (Å²) in [5.74, 6) is 1.00. The Hall–Kier alpha value is -1.88. The number of fused-ring (bicyclic) bond motifs is 1. The molecular formula is C14H20N4O. The van der Waals surface area contributed by atoms with Crippen LogP contribution in [0.4, 0.5) is 0 Å². The van der Waals surface area contributed by atoms with Gasteiger partial charge in [0.1, 0.15) is 5.82 Å². The lowest BCUT2D eigenvalue weighted by Gasteiger charge is -2.06. The Morgan fingerprint density at radius 1 is 1.42 bits per heavy atom. The molecule has 2 aromatic rings. The smallest absolute Gasteiger partial charge is 0.234 e. The maximum absolute atomic E-state index is 11.5. The van der Waals surface area contributed by atoms with E-state index in [0.29, 0.717) is 13.1 Å². The molecule has 5 nitrogen and oxygen atoms in total. The third-order valence-electron chi connectivity index (χ3n) is 3.19. The standard InChI is InChI=1S/C14H20N4O/c1-4-15-9-14(19)16-8-11-5-6-13-12(7-11)17-10(2)18(13)3/h5-7,15H,4,8-9H2,1-3H3,(H,16,19). The van der Waals surface area contributed by atoms with Gasteiger partial charge in [0.25, 0.3) is 0 Å². The molecule has 0 aliphatic carbocycles. The van der Waals surface area contributed by atoms with Crippen molar-refractivity contribution in [1.29, 1.82) is 0 Å². The first-order valence-corrected chi connectivity index (χ1v) is 6.51. The van der Waals surface area contributed by atoms with Gasteiger partial charge >= 0.3 is 0 Å². The number of benzene rings is 1. The van der Waals surface area contributed by atoms with Crippen molar-refractivity contribution in [3.8, 4) is 0 Å². The molecule has 2 N–H and O–H groups in total. The van der Waals surface area contributed by atoms with Crippen LogP contribution in [0.5, 0.6) is 0 Å². The van der Waals surface area contributed by atoms with Crippen LogP contribution in [0.2, 0.25) is 0 Å². The number of carbonyl (C=O) groups is 1. The molecule has 5 heteroatoms. The molecule has 1 aromatic heterocycles. The Balaban J connectivity index is 2.03. The van der Waals surface area contributed by atoms with E-state index in [0.717, 1.165) is 29.0 Å². The SMILES string of the molecule is CCNCC(=O)NCc1ccc2c(c1)nc(C)n2C. The van der Waals surface area contributed by atoms with Crippen molar-refractivity contribution >= 4 is 16.9 Å². The van der Waals surface area contributed by atoms with Gasteiger partial charge in [-0.15, -0.1) is 0 Å². The number of hydrogen-bond acceptors (Lipinski definition) is 3. The first-order valence-electron chi connectivity index (χ1n) is 6.51. The number of nitrogens with zero attached hydrogens (tertiary/aromatic N) is 2. The molecule has 2 rings (SSSR count). The second kappa shape index (κ2) is 5.84. The minimum absolute atomic E-state index is 0.0131. The van der Waals surface area contributed by atoms with Gasteiger partial charge in [-0.2, -0.15) is 0 Å². The van der Waals surface area contributed by atoms with Crippen LogP contribution >= 0.6 is 0 Å². The van der Waals surface area contributed by atoms with Gasteiger partial charge in [-0.1, -0.05) is 13.0 Å². The summed E-state index contributed by atoms with van der Waals surface area (Å²) in [5, 5.41) is 5.88. The molecule has 0 aliphatic rings. The predicted molar refractivity (Wildman–Crippen MR) is 75.8 cm³/mol. The summed E-state index contributed by atoms with van der Waals surface area (Å²) in [6, 6.07) is 6.09. The Bertz CT molecular complexity index is 588. The van der Waals surface area contributed by atoms with E-state index >= 15 is 0 Å². The molecule has 0 bridgehead atoms. The highest BCUT2D eigenvalue weighted by molar-refractivity contribution is 5.79. The first kappa shape index (κ1) is 13.5. The average molecular weight is 260 g/mol. The third kappa shape index (κ3) is 3.12. The zero-order valence-electron chi connectivity index (χ0n) is 11.7. The normalized spacial score (nSPS) is 10.9. The van der Waals surface area contributed by atoms with Crippen LogP contribution in [-0.4, -0.2) is 28.5 Å². The van der Waals surface area contributed by atoms with E-state index in [9.17, 15) is 4.79 Å². The largest absolute Gasteiger partial charge is 0.351 e. The summed E-state index contributed by atoms with van der Waals surface area (Å²) in [6.07, 6.45) is 0. The van der Waals surface area contributed by atoms with Gasteiger partial charge in [-0.05, 0) is 31.2 Å². The monoisotopic (exact) mass is 260 g/mol. The highest BCUT2D eigenvalue weighted by Crippen LogP contribution is 2.16. The number of aryl methyl sites for hydroxylation is 2. The van der Waals surface area contributed by atoms with Gasteiger partial charge in [-0.3, -0.25) is 4.79 Å². The van der Waals surface area contributed by atoms with Gasteiger partial charge < -0.3 is 15.2 Å². The number of carbonyl (C=O) groups excluding carboxylic acids is 1. The van der Waals surface area contributed by atoms with Crippen LogP contribution in [0.25, 0.3) is 11.0 Å². The van der Waals surface area contributed by atoms with E-state index in [1.807, 2.05) is 39.1 Å². The van der Waals surface area contributed by atoms with Crippen LogP contribution in [0, 0.1) is 6.92 Å². The van der Waals surface area contributed by atoms with E-state index in [1.165, 1.54) is 0 Å². The highest BCUT2D eigenvalue weighted by Gasteiger charge is 2.05. The lowest BCUT2D eigenvalue weighted by atomic mass is 10.2. The van der Waals surface area contributed by atoms with Gasteiger partial charge in [0, 0.05) is 13.6 Å². The van der Waals surface area contributed by atoms with Gasteiger partial charge in [0.05, 0.1) is 17.6 Å². The minimum Gasteiger partial charge on any atom is -0.351 e. The number of rotatable bonds is 5. The van der Waals surface area contributed by atoms with Crippen molar-refractivity contribution in [3.05, 3.63) is 29.6 Å². The highest BCUT2D eigenvalue weighted by atomic mass is 16.1. The fourth-order valence-electron chi connectivity index (χ4n) is 1.98. The molecule has 0 spiro atoms. The Labute approximate surface area is 113 Å². The van der Waals surface area contributed by atoms with Crippen LogP contribution < -0.4 is 10.6 Å². The van der Waals surface area contributed by atoms with Crippen molar-refractivity contribution in [1.82, 2.24) is 20.2 Å². The topological polar surface area (TPSA) is 59.0 Å². The molecule has 0 saturated carbocycles. The fourth-order valence-corrected chi connectivity index (χ4v) is 1.98. The second-order valence-electron chi connectivity index (χ2n) is 4.60. The number of amides is 1. The summed E-state index contributed by atoms with van der Waals surface area (Å²) in [4.78, 5) is 16.0. The predicted octanol–water partition coefficient (Wildman–Crippen LogP) is 1.11. The maximum atomic E-state index is 11.5. The van der Waals surface area contributed by atoms with E-state index in [2.05, 4.69) is 20.2 Å². The third-order valence-corrected chi connectivity index (χ3v) is 3.19. The average Bonchev–Trinajstić information content (AvgIpc) is 2.69. The molecule has 19 heavy (non-hydrogen) atoms. The Morgan fingerprint density at radius 3 is 2.95 bits per heavy atom. The zero-order chi connectivity index (χ0) is 13.8. The summed E-state index contributed by atoms with van der Waals surface area (Å²) in [6.45, 7) is 5.66. The first-order chi connectivity index (χ1) is 9.11. The number of imidazole rings is 1. The lowest BCUT2D eigenvalue weighted by molar-refractivity contribution is -0.120. The molecule has 1 amide bonds. The van der Waals surface area contributed by atoms with E-state index in [1.54, 1.807) is 0 Å². The molecular weight excluding hydrogens is 240 g/mol. The summed E-state index contributed by atoms with van der Waals surface area (Å²) >= 11 is 0. The molecule has 102 valence electrons.